The molecule has 6 nitrogen and oxygen atoms in total. The molecule has 0 unspecified atom stereocenters. The Balaban J connectivity index is 0. The third-order valence-electron chi connectivity index (χ3n) is 1.65. The number of carboxylic acids is 2. The Morgan fingerprint density at radius 1 is 1.22 bits per heavy atom. The summed E-state index contributed by atoms with van der Waals surface area (Å²) in [4.78, 5) is 19.8. The average Bonchev–Trinajstić information content (AvgIpc) is 2.33. The van der Waals surface area contributed by atoms with Crippen LogP contribution in [0, 0.1) is 22.7 Å². The number of carbonyl (C=O) groups is 2. The van der Waals surface area contributed by atoms with Gasteiger partial charge in [-0.1, -0.05) is 32.4 Å². The second-order valence-corrected chi connectivity index (χ2v) is 3.07. The molecule has 18 heavy (non-hydrogen) atoms. The molecule has 0 amide bonds. The van der Waals surface area contributed by atoms with E-state index in [1.165, 1.54) is 12.1 Å². The van der Waals surface area contributed by atoms with E-state index >= 15 is 0 Å². The number of unbranched alkanes of at least 4 members (excludes halogenated alkanes) is 2. The maximum atomic E-state index is 10.2. The third kappa shape index (κ3) is 9.94. The highest BCUT2D eigenvalue weighted by Gasteiger charge is 2.03. The Morgan fingerprint density at radius 2 is 1.78 bits per heavy atom. The number of nitrogens with zero attached hydrogens (tertiary/aromatic N) is 2. The zero-order valence-electron chi connectivity index (χ0n) is 10.0. The lowest BCUT2D eigenvalue weighted by Gasteiger charge is -1.89. The molecule has 2 N–H and O–H groups in total. The molecule has 0 saturated heterocycles. The predicted octanol–water partition coefficient (Wildman–Crippen LogP) is 1.86. The summed E-state index contributed by atoms with van der Waals surface area (Å²) >= 11 is 0. The lowest BCUT2D eigenvalue weighted by molar-refractivity contribution is -0.133. The van der Waals surface area contributed by atoms with Gasteiger partial charge in [0.05, 0.1) is 0 Å². The van der Waals surface area contributed by atoms with E-state index in [1.807, 2.05) is 6.92 Å². The van der Waals surface area contributed by atoms with E-state index in [2.05, 4.69) is 6.58 Å². The van der Waals surface area contributed by atoms with Crippen molar-refractivity contribution in [2.75, 3.05) is 0 Å². The Morgan fingerprint density at radius 3 is 2.00 bits per heavy atom. The van der Waals surface area contributed by atoms with E-state index in [4.69, 9.17) is 20.7 Å². The van der Waals surface area contributed by atoms with E-state index < -0.39 is 17.5 Å². The van der Waals surface area contributed by atoms with Crippen LogP contribution in [-0.2, 0) is 9.59 Å². The fourth-order valence-corrected chi connectivity index (χ4v) is 0.679. The summed E-state index contributed by atoms with van der Waals surface area (Å²) < 4.78 is 0. The minimum atomic E-state index is -1.26. The zero-order valence-corrected chi connectivity index (χ0v) is 10.0. The van der Waals surface area contributed by atoms with Crippen LogP contribution in [0.4, 0.5) is 0 Å². The van der Waals surface area contributed by atoms with Crippen molar-refractivity contribution in [1.29, 1.82) is 10.5 Å². The van der Waals surface area contributed by atoms with Gasteiger partial charge >= 0.3 is 11.9 Å². The Hall–Kier alpha value is -2.60. The van der Waals surface area contributed by atoms with Crippen LogP contribution in [0.3, 0.4) is 0 Å². The molecule has 0 aliphatic heterocycles. The minimum absolute atomic E-state index is 0.154. The normalized spacial score (nSPS) is 9.17. The molecule has 0 saturated carbocycles. The van der Waals surface area contributed by atoms with Crippen molar-refractivity contribution >= 4 is 11.9 Å². The van der Waals surface area contributed by atoms with Gasteiger partial charge < -0.3 is 10.2 Å². The van der Waals surface area contributed by atoms with Gasteiger partial charge in [0.1, 0.15) is 23.3 Å². The average molecular weight is 250 g/mol. The molecule has 0 heterocycles. The van der Waals surface area contributed by atoms with Crippen molar-refractivity contribution in [3.05, 3.63) is 23.8 Å². The molecule has 0 aromatic carbocycles. The van der Waals surface area contributed by atoms with E-state index in [0.29, 0.717) is 6.42 Å². The SMILES string of the molecule is C=C(C#N)C(=O)O.CCCCC=C(C#N)C(=O)O. The van der Waals surface area contributed by atoms with Gasteiger partial charge in [0.2, 0.25) is 0 Å². The standard InChI is InChI=1S/C8H11NO2.C4H3NO2/c1-2-3-4-5-7(6-9)8(10)11;1-3(2-5)4(6)7/h5H,2-4H2,1H3,(H,10,11);1H2,(H,6,7). The summed E-state index contributed by atoms with van der Waals surface area (Å²) in [7, 11) is 0. The van der Waals surface area contributed by atoms with Crippen LogP contribution >= 0.6 is 0 Å². The van der Waals surface area contributed by atoms with Gasteiger partial charge in [0, 0.05) is 0 Å². The van der Waals surface area contributed by atoms with Crippen LogP contribution in [0.25, 0.3) is 0 Å². The lowest BCUT2D eigenvalue weighted by Crippen LogP contribution is -1.97. The number of hydrogen-bond acceptors (Lipinski definition) is 4. The molecule has 0 aliphatic carbocycles. The third-order valence-corrected chi connectivity index (χ3v) is 1.65. The first kappa shape index (κ1) is 17.8. The first-order valence-corrected chi connectivity index (χ1v) is 5.06. The summed E-state index contributed by atoms with van der Waals surface area (Å²) in [5.41, 5.74) is -0.585. The number of aliphatic carboxylic acids is 2. The fraction of sp³-hybridized carbons (Fsp3) is 0.333. The molecule has 0 rings (SSSR count). The second-order valence-electron chi connectivity index (χ2n) is 3.07. The Labute approximate surface area is 105 Å². The Bertz CT molecular complexity index is 424. The van der Waals surface area contributed by atoms with Crippen LogP contribution < -0.4 is 0 Å². The Kier molecular flexibility index (Phi) is 10.8. The van der Waals surface area contributed by atoms with Gasteiger partial charge in [0.25, 0.3) is 0 Å². The molecule has 0 aromatic heterocycles. The van der Waals surface area contributed by atoms with E-state index in [9.17, 15) is 9.59 Å². The van der Waals surface area contributed by atoms with Crippen molar-refractivity contribution in [3.63, 3.8) is 0 Å². The number of nitriles is 2. The van der Waals surface area contributed by atoms with Crippen LogP contribution in [0.5, 0.6) is 0 Å². The molecular formula is C12H14N2O4. The van der Waals surface area contributed by atoms with Crippen molar-refractivity contribution in [2.24, 2.45) is 0 Å². The highest BCUT2D eigenvalue weighted by Crippen LogP contribution is 2.00. The second kappa shape index (κ2) is 10.9. The number of hydrogen-bond donors (Lipinski definition) is 2. The van der Waals surface area contributed by atoms with Gasteiger partial charge in [0.15, 0.2) is 0 Å². The van der Waals surface area contributed by atoms with Gasteiger partial charge in [-0.25, -0.2) is 9.59 Å². The highest BCUT2D eigenvalue weighted by atomic mass is 16.4. The maximum absolute atomic E-state index is 10.2. The number of rotatable bonds is 5. The van der Waals surface area contributed by atoms with Crippen LogP contribution in [0.2, 0.25) is 0 Å². The molecule has 6 heteroatoms. The van der Waals surface area contributed by atoms with Gasteiger partial charge in [-0.05, 0) is 6.42 Å². The van der Waals surface area contributed by atoms with E-state index in [-0.39, 0.29) is 5.57 Å². The summed E-state index contributed by atoms with van der Waals surface area (Å²) in [6, 6.07) is 2.99. The summed E-state index contributed by atoms with van der Waals surface area (Å²) in [5.74, 6) is -2.40. The monoisotopic (exact) mass is 250 g/mol. The molecule has 0 aliphatic rings. The molecular weight excluding hydrogens is 236 g/mol. The zero-order chi connectivity index (χ0) is 14.6. The summed E-state index contributed by atoms with van der Waals surface area (Å²) in [6.07, 6.45) is 4.07. The van der Waals surface area contributed by atoms with E-state index in [1.54, 1.807) is 6.07 Å². The molecule has 0 spiro atoms. The molecule has 96 valence electrons. The van der Waals surface area contributed by atoms with Crippen LogP contribution in [0.1, 0.15) is 26.2 Å². The van der Waals surface area contributed by atoms with Crippen LogP contribution in [-0.4, -0.2) is 22.2 Å². The first-order chi connectivity index (χ1) is 8.40. The quantitative estimate of drug-likeness (QED) is 0.436. The van der Waals surface area contributed by atoms with Gasteiger partial charge in [-0.2, -0.15) is 10.5 Å². The molecule has 0 bridgehead atoms. The molecule has 0 atom stereocenters. The van der Waals surface area contributed by atoms with Crippen molar-refractivity contribution < 1.29 is 19.8 Å². The fourth-order valence-electron chi connectivity index (χ4n) is 0.679. The van der Waals surface area contributed by atoms with Crippen molar-refractivity contribution in [1.82, 2.24) is 0 Å². The van der Waals surface area contributed by atoms with Crippen LogP contribution in [0.15, 0.2) is 23.8 Å². The predicted molar refractivity (Wildman–Crippen MR) is 63.2 cm³/mol. The highest BCUT2D eigenvalue weighted by molar-refractivity contribution is 5.91. The molecule has 0 aromatic rings. The topological polar surface area (TPSA) is 122 Å². The van der Waals surface area contributed by atoms with E-state index in [0.717, 1.165) is 12.8 Å². The summed E-state index contributed by atoms with van der Waals surface area (Å²) in [6.45, 7) is 4.93. The van der Waals surface area contributed by atoms with Crippen molar-refractivity contribution in [2.45, 2.75) is 26.2 Å². The van der Waals surface area contributed by atoms with Crippen molar-refractivity contribution in [3.8, 4) is 12.1 Å². The largest absolute Gasteiger partial charge is 0.477 e. The van der Waals surface area contributed by atoms with Gasteiger partial charge in [-0.3, -0.25) is 0 Å². The molecule has 0 fully saturated rings. The maximum Gasteiger partial charge on any atom is 0.346 e. The number of carboxylic acid groups (broad SMARTS) is 2. The lowest BCUT2D eigenvalue weighted by atomic mass is 10.2. The number of allylic oxidation sites excluding steroid dienone is 1. The first-order valence-electron chi connectivity index (χ1n) is 5.06. The minimum Gasteiger partial charge on any atom is -0.477 e. The van der Waals surface area contributed by atoms with Gasteiger partial charge in [-0.15, -0.1) is 0 Å². The smallest absolute Gasteiger partial charge is 0.346 e. The molecule has 0 radical (unpaired) electrons. The summed E-state index contributed by atoms with van der Waals surface area (Å²) in [5, 5.41) is 32.3.